The van der Waals surface area contributed by atoms with Gasteiger partial charge in [-0.15, -0.1) is 0 Å². The Morgan fingerprint density at radius 2 is 1.60 bits per heavy atom. The summed E-state index contributed by atoms with van der Waals surface area (Å²) in [6, 6.07) is 6.40. The number of carboxylic acid groups (broad SMARTS) is 1. The van der Waals surface area contributed by atoms with Gasteiger partial charge in [-0.05, 0) is 65.0 Å². The first-order chi connectivity index (χ1) is 14.1. The smallest absolute Gasteiger partial charge is 0.338 e. The first kappa shape index (κ1) is 23.0. The van der Waals surface area contributed by atoms with Gasteiger partial charge in [0.2, 0.25) is 5.75 Å². The van der Waals surface area contributed by atoms with Gasteiger partial charge in [-0.25, -0.2) is 9.18 Å². The molecular formula is C22H26FNO6. The lowest BCUT2D eigenvalue weighted by Crippen LogP contribution is -2.16. The lowest BCUT2D eigenvalue weighted by atomic mass is 10.1. The summed E-state index contributed by atoms with van der Waals surface area (Å²) < 4.78 is 31.2. The van der Waals surface area contributed by atoms with Crippen molar-refractivity contribution in [2.75, 3.05) is 11.9 Å². The van der Waals surface area contributed by atoms with Crippen LogP contribution in [0.15, 0.2) is 30.3 Å². The van der Waals surface area contributed by atoms with Crippen LogP contribution in [-0.2, 0) is 0 Å². The molecule has 2 aromatic carbocycles. The number of rotatable bonds is 9. The fourth-order valence-electron chi connectivity index (χ4n) is 2.65. The molecule has 0 fully saturated rings. The van der Waals surface area contributed by atoms with E-state index < -0.39 is 23.3 Å². The highest BCUT2D eigenvalue weighted by Crippen LogP contribution is 2.40. The fraction of sp³-hybridized carbons (Fsp3) is 0.364. The second-order valence-electron chi connectivity index (χ2n) is 7.02. The van der Waals surface area contributed by atoms with Gasteiger partial charge in [-0.3, -0.25) is 4.79 Å². The third kappa shape index (κ3) is 5.85. The zero-order valence-corrected chi connectivity index (χ0v) is 17.6. The van der Waals surface area contributed by atoms with E-state index in [2.05, 4.69) is 5.32 Å². The van der Waals surface area contributed by atoms with E-state index in [1.165, 1.54) is 18.2 Å². The van der Waals surface area contributed by atoms with Gasteiger partial charge in [0.15, 0.2) is 11.5 Å². The van der Waals surface area contributed by atoms with E-state index in [1.807, 2.05) is 34.6 Å². The van der Waals surface area contributed by atoms with Crippen molar-refractivity contribution in [2.45, 2.75) is 46.8 Å². The minimum Gasteiger partial charge on any atom is -0.487 e. The van der Waals surface area contributed by atoms with E-state index in [1.54, 1.807) is 0 Å². The van der Waals surface area contributed by atoms with Crippen LogP contribution in [0.3, 0.4) is 0 Å². The topological polar surface area (TPSA) is 94.1 Å². The molecule has 0 saturated carbocycles. The number of aromatic carboxylic acids is 1. The zero-order valence-electron chi connectivity index (χ0n) is 17.6. The number of carboxylic acids is 1. The van der Waals surface area contributed by atoms with Crippen molar-refractivity contribution >= 4 is 17.6 Å². The number of carbonyl (C=O) groups excluding carboxylic acids is 1. The summed E-state index contributed by atoms with van der Waals surface area (Å²) in [6.07, 6.45) is -0.348. The van der Waals surface area contributed by atoms with Crippen LogP contribution in [0.5, 0.6) is 17.2 Å². The summed E-state index contributed by atoms with van der Waals surface area (Å²) in [5.41, 5.74) is -0.143. The maximum absolute atomic E-state index is 13.9. The molecule has 162 valence electrons. The second-order valence-corrected chi connectivity index (χ2v) is 7.02. The number of anilines is 1. The number of benzene rings is 2. The fourth-order valence-corrected chi connectivity index (χ4v) is 2.65. The first-order valence-corrected chi connectivity index (χ1v) is 9.60. The zero-order chi connectivity index (χ0) is 22.4. The molecule has 30 heavy (non-hydrogen) atoms. The Kier molecular flexibility index (Phi) is 7.63. The average molecular weight is 419 g/mol. The Hall–Kier alpha value is -3.29. The van der Waals surface area contributed by atoms with E-state index in [9.17, 15) is 14.0 Å². The van der Waals surface area contributed by atoms with Gasteiger partial charge in [-0.1, -0.05) is 0 Å². The summed E-state index contributed by atoms with van der Waals surface area (Å²) in [4.78, 5) is 23.7. The number of ether oxygens (including phenoxy) is 3. The molecule has 0 unspecified atom stereocenters. The lowest BCUT2D eigenvalue weighted by Gasteiger charge is -2.20. The van der Waals surface area contributed by atoms with Crippen LogP contribution in [-0.4, -0.2) is 35.8 Å². The Morgan fingerprint density at radius 1 is 1.03 bits per heavy atom. The number of nitrogens with one attached hydrogen (secondary N) is 1. The molecule has 7 nitrogen and oxygen atoms in total. The summed E-state index contributed by atoms with van der Waals surface area (Å²) >= 11 is 0. The summed E-state index contributed by atoms with van der Waals surface area (Å²) in [6.45, 7) is 9.59. The van der Waals surface area contributed by atoms with Crippen molar-refractivity contribution in [1.29, 1.82) is 0 Å². The van der Waals surface area contributed by atoms with Crippen LogP contribution in [0.25, 0.3) is 0 Å². The third-order valence-electron chi connectivity index (χ3n) is 3.75. The molecule has 0 bridgehead atoms. The summed E-state index contributed by atoms with van der Waals surface area (Å²) in [7, 11) is 0. The SMILES string of the molecule is CCOc1c(OC(C)C)cc(C(=O)Nc2ccc(C(=O)O)c(F)c2)cc1OC(C)C. The van der Waals surface area contributed by atoms with Crippen molar-refractivity contribution in [2.24, 2.45) is 0 Å². The molecular weight excluding hydrogens is 393 g/mol. The van der Waals surface area contributed by atoms with Gasteiger partial charge < -0.3 is 24.6 Å². The quantitative estimate of drug-likeness (QED) is 0.609. The minimum atomic E-state index is -1.39. The third-order valence-corrected chi connectivity index (χ3v) is 3.75. The van der Waals surface area contributed by atoms with Crippen LogP contribution in [0, 0.1) is 5.82 Å². The van der Waals surface area contributed by atoms with Gasteiger partial charge in [0, 0.05) is 11.3 Å². The van der Waals surface area contributed by atoms with Gasteiger partial charge in [0.05, 0.1) is 24.4 Å². The van der Waals surface area contributed by atoms with Crippen LogP contribution in [0.1, 0.15) is 55.3 Å². The maximum atomic E-state index is 13.9. The van der Waals surface area contributed by atoms with E-state index in [0.29, 0.717) is 23.9 Å². The molecule has 0 spiro atoms. The highest BCUT2D eigenvalue weighted by atomic mass is 19.1. The molecule has 2 rings (SSSR count). The predicted molar refractivity (Wildman–Crippen MR) is 110 cm³/mol. The Labute approximate surface area is 174 Å². The largest absolute Gasteiger partial charge is 0.487 e. The molecule has 0 atom stereocenters. The van der Waals surface area contributed by atoms with Crippen molar-refractivity contribution in [3.05, 3.63) is 47.3 Å². The summed E-state index contributed by atoms with van der Waals surface area (Å²) in [5, 5.41) is 11.5. The van der Waals surface area contributed by atoms with Gasteiger partial charge in [0.1, 0.15) is 5.82 Å². The number of carbonyl (C=O) groups is 2. The lowest BCUT2D eigenvalue weighted by molar-refractivity contribution is 0.0691. The van der Waals surface area contributed by atoms with E-state index >= 15 is 0 Å². The van der Waals surface area contributed by atoms with Crippen molar-refractivity contribution in [1.82, 2.24) is 0 Å². The Balaban J connectivity index is 2.42. The van der Waals surface area contributed by atoms with Gasteiger partial charge in [-0.2, -0.15) is 0 Å². The Bertz CT molecular complexity index is 895. The van der Waals surface area contributed by atoms with Crippen LogP contribution in [0.4, 0.5) is 10.1 Å². The standard InChI is InChI=1S/C22H26FNO6/c1-6-28-20-18(29-12(2)3)9-14(10-19(20)30-13(4)5)21(25)24-15-7-8-16(22(26)27)17(23)11-15/h7-13H,6H2,1-5H3,(H,24,25)(H,26,27). The van der Waals surface area contributed by atoms with Crippen molar-refractivity contribution in [3.8, 4) is 17.2 Å². The van der Waals surface area contributed by atoms with Crippen LogP contribution >= 0.6 is 0 Å². The first-order valence-electron chi connectivity index (χ1n) is 9.60. The number of halogens is 1. The molecule has 8 heteroatoms. The number of hydrogen-bond acceptors (Lipinski definition) is 5. The van der Waals surface area contributed by atoms with E-state index in [0.717, 1.165) is 12.1 Å². The summed E-state index contributed by atoms with van der Waals surface area (Å²) in [5.74, 6) is -1.77. The highest BCUT2D eigenvalue weighted by Gasteiger charge is 2.21. The molecule has 0 aliphatic carbocycles. The molecule has 2 N–H and O–H groups in total. The van der Waals surface area contributed by atoms with Gasteiger partial charge in [0.25, 0.3) is 5.91 Å². The van der Waals surface area contributed by atoms with Crippen molar-refractivity contribution in [3.63, 3.8) is 0 Å². The maximum Gasteiger partial charge on any atom is 0.338 e. The van der Waals surface area contributed by atoms with Crippen LogP contribution in [0.2, 0.25) is 0 Å². The molecule has 0 saturated heterocycles. The molecule has 0 heterocycles. The monoisotopic (exact) mass is 419 g/mol. The van der Waals surface area contributed by atoms with E-state index in [-0.39, 0.29) is 23.5 Å². The molecule has 0 aliphatic heterocycles. The predicted octanol–water partition coefficient (Wildman–Crippen LogP) is 4.75. The molecule has 1 amide bonds. The Morgan fingerprint density at radius 3 is 2.03 bits per heavy atom. The molecule has 0 aliphatic rings. The van der Waals surface area contributed by atoms with E-state index in [4.69, 9.17) is 19.3 Å². The molecule has 2 aromatic rings. The molecule has 0 aromatic heterocycles. The number of hydrogen-bond donors (Lipinski definition) is 2. The minimum absolute atomic E-state index is 0.119. The number of amides is 1. The second kappa shape index (κ2) is 9.96. The van der Waals surface area contributed by atoms with Gasteiger partial charge >= 0.3 is 5.97 Å². The normalized spacial score (nSPS) is 10.8. The van der Waals surface area contributed by atoms with Crippen LogP contribution < -0.4 is 19.5 Å². The average Bonchev–Trinajstić information content (AvgIpc) is 2.62. The highest BCUT2D eigenvalue weighted by molar-refractivity contribution is 6.05. The molecule has 0 radical (unpaired) electrons. The van der Waals surface area contributed by atoms with Crippen molar-refractivity contribution < 1.29 is 33.3 Å².